The first-order valence-electron chi connectivity index (χ1n) is 24.4. The molecule has 1 aliphatic heterocycles. The van der Waals surface area contributed by atoms with Gasteiger partial charge in [-0.3, -0.25) is 4.79 Å². The van der Waals surface area contributed by atoms with E-state index in [1.165, 1.54) is 128 Å². The Kier molecular flexibility index (Phi) is 37.6. The van der Waals surface area contributed by atoms with E-state index < -0.39 is 49.5 Å². The van der Waals surface area contributed by atoms with Gasteiger partial charge in [0.15, 0.2) is 6.29 Å². The van der Waals surface area contributed by atoms with Crippen molar-refractivity contribution >= 4 is 5.91 Å². The molecule has 0 aromatic rings. The van der Waals surface area contributed by atoms with E-state index in [1.54, 1.807) is 6.08 Å². The molecule has 1 fully saturated rings. The summed E-state index contributed by atoms with van der Waals surface area (Å²) >= 11 is 0. The fourth-order valence-electron chi connectivity index (χ4n) is 7.44. The number of hydrogen-bond acceptors (Lipinski definition) is 8. The van der Waals surface area contributed by atoms with E-state index in [0.717, 1.165) is 57.8 Å². The monoisotopic (exact) mass is 834 g/mol. The molecule has 6 N–H and O–H groups in total. The summed E-state index contributed by atoms with van der Waals surface area (Å²) < 4.78 is 11.2. The van der Waals surface area contributed by atoms with Crippen LogP contribution in [0.3, 0.4) is 0 Å². The lowest BCUT2D eigenvalue weighted by molar-refractivity contribution is -0.302. The molecule has 1 saturated heterocycles. The van der Waals surface area contributed by atoms with Gasteiger partial charge in [0.05, 0.1) is 25.4 Å². The van der Waals surface area contributed by atoms with Crippen LogP contribution in [0.4, 0.5) is 0 Å². The smallest absolute Gasteiger partial charge is 0.220 e. The molecular formula is C50H91NO8. The van der Waals surface area contributed by atoms with Gasteiger partial charge in [0.1, 0.15) is 24.4 Å². The molecule has 7 atom stereocenters. The van der Waals surface area contributed by atoms with Gasteiger partial charge in [-0.1, -0.05) is 184 Å². The molecule has 1 aliphatic rings. The van der Waals surface area contributed by atoms with Crippen molar-refractivity contribution in [2.75, 3.05) is 13.2 Å². The Morgan fingerprint density at radius 2 is 1.02 bits per heavy atom. The van der Waals surface area contributed by atoms with Crippen molar-refractivity contribution in [3.63, 3.8) is 0 Å². The van der Waals surface area contributed by atoms with Gasteiger partial charge in [0.2, 0.25) is 5.91 Å². The predicted molar refractivity (Wildman–Crippen MR) is 244 cm³/mol. The second-order valence-electron chi connectivity index (χ2n) is 16.9. The average molecular weight is 834 g/mol. The molecule has 9 nitrogen and oxygen atoms in total. The van der Waals surface area contributed by atoms with E-state index in [4.69, 9.17) is 9.47 Å². The molecule has 0 spiro atoms. The molecule has 344 valence electrons. The van der Waals surface area contributed by atoms with Crippen LogP contribution < -0.4 is 5.32 Å². The fourth-order valence-corrected chi connectivity index (χ4v) is 7.44. The Labute approximate surface area is 361 Å². The number of aliphatic hydroxyl groups excluding tert-OH is 5. The second-order valence-corrected chi connectivity index (χ2v) is 16.9. The first kappa shape index (κ1) is 55.2. The van der Waals surface area contributed by atoms with E-state index in [9.17, 15) is 30.3 Å². The van der Waals surface area contributed by atoms with Crippen LogP contribution in [0.1, 0.15) is 206 Å². The van der Waals surface area contributed by atoms with Crippen LogP contribution in [0.2, 0.25) is 0 Å². The number of hydrogen-bond donors (Lipinski definition) is 6. The summed E-state index contributed by atoms with van der Waals surface area (Å²) in [5.74, 6) is -0.196. The third-order valence-corrected chi connectivity index (χ3v) is 11.4. The van der Waals surface area contributed by atoms with Crippen LogP contribution >= 0.6 is 0 Å². The summed E-state index contributed by atoms with van der Waals surface area (Å²) in [7, 11) is 0. The van der Waals surface area contributed by atoms with Crippen molar-refractivity contribution in [1.29, 1.82) is 0 Å². The zero-order valence-electron chi connectivity index (χ0n) is 37.7. The van der Waals surface area contributed by atoms with Gasteiger partial charge in [0, 0.05) is 6.42 Å². The number of aliphatic hydroxyl groups is 5. The van der Waals surface area contributed by atoms with Crippen molar-refractivity contribution in [2.45, 2.75) is 249 Å². The van der Waals surface area contributed by atoms with Crippen molar-refractivity contribution in [1.82, 2.24) is 5.32 Å². The zero-order chi connectivity index (χ0) is 43.0. The minimum absolute atomic E-state index is 0.196. The molecule has 0 radical (unpaired) electrons. The van der Waals surface area contributed by atoms with Crippen molar-refractivity contribution in [3.8, 4) is 0 Å². The van der Waals surface area contributed by atoms with Crippen LogP contribution in [0, 0.1) is 0 Å². The molecule has 0 saturated carbocycles. The number of unbranched alkanes of at least 4 members (excludes halogenated alkanes) is 24. The summed E-state index contributed by atoms with van der Waals surface area (Å²) in [4.78, 5) is 13.0. The summed E-state index contributed by atoms with van der Waals surface area (Å²) in [5.41, 5.74) is 0. The van der Waals surface area contributed by atoms with E-state index >= 15 is 0 Å². The maximum atomic E-state index is 13.0. The first-order chi connectivity index (χ1) is 28.8. The van der Waals surface area contributed by atoms with Crippen LogP contribution in [0.25, 0.3) is 0 Å². The lowest BCUT2D eigenvalue weighted by atomic mass is 9.99. The number of rotatable bonds is 40. The molecule has 0 aromatic carbocycles. The van der Waals surface area contributed by atoms with Gasteiger partial charge >= 0.3 is 0 Å². The molecule has 7 unspecified atom stereocenters. The fraction of sp³-hybridized carbons (Fsp3) is 0.820. The number of amides is 1. The highest BCUT2D eigenvalue weighted by atomic mass is 16.7. The highest BCUT2D eigenvalue weighted by Crippen LogP contribution is 2.22. The van der Waals surface area contributed by atoms with Gasteiger partial charge in [-0.25, -0.2) is 0 Å². The van der Waals surface area contributed by atoms with E-state index in [2.05, 4.69) is 55.6 Å². The van der Waals surface area contributed by atoms with E-state index in [0.29, 0.717) is 6.42 Å². The zero-order valence-corrected chi connectivity index (χ0v) is 37.7. The van der Waals surface area contributed by atoms with Crippen molar-refractivity contribution < 1.29 is 39.8 Å². The average Bonchev–Trinajstić information content (AvgIpc) is 3.23. The highest BCUT2D eigenvalue weighted by Gasteiger charge is 2.44. The SMILES string of the molecule is CCCCC/C=C\C/C=C\CCCCCCCCCC(=O)NC(COC1OC(CO)C(O)C(O)C1O)C(O)/C=C/CC/C=C/CCCCCCCCCCCCCCC. The van der Waals surface area contributed by atoms with Crippen molar-refractivity contribution in [3.05, 3.63) is 48.6 Å². The van der Waals surface area contributed by atoms with Gasteiger partial charge in [0.25, 0.3) is 0 Å². The predicted octanol–water partition coefficient (Wildman–Crippen LogP) is 10.6. The number of ether oxygens (including phenoxy) is 2. The lowest BCUT2D eigenvalue weighted by Gasteiger charge is -2.40. The minimum Gasteiger partial charge on any atom is -0.394 e. The topological polar surface area (TPSA) is 149 Å². The quantitative estimate of drug-likeness (QED) is 0.0264. The standard InChI is InChI=1S/C50H91NO8/c1-3-5-7-9-11-13-15-17-19-21-22-24-25-27-29-31-33-35-37-39-44(53)43(42-58-50-49(57)48(56)47(55)45(41-52)59-50)51-46(54)40-38-36-34-32-30-28-26-23-20-18-16-14-12-10-8-6-4-2/h12,14,18,20,29,31,37,39,43-45,47-50,52-53,55-57H,3-11,13,15-17,19,21-28,30,32-36,38,40-42H2,1-2H3,(H,51,54)/b14-12-,20-18-,31-29+,39-37+. The molecule has 0 aliphatic carbocycles. The van der Waals surface area contributed by atoms with Crippen LogP contribution in [0.5, 0.6) is 0 Å². The van der Waals surface area contributed by atoms with E-state index in [-0.39, 0.29) is 12.5 Å². The molecule has 1 rings (SSSR count). The normalized spacial score (nSPS) is 21.1. The first-order valence-corrected chi connectivity index (χ1v) is 24.4. The van der Waals surface area contributed by atoms with E-state index in [1.807, 2.05) is 6.08 Å². The van der Waals surface area contributed by atoms with Crippen LogP contribution in [-0.2, 0) is 14.3 Å². The summed E-state index contributed by atoms with van der Waals surface area (Å²) in [5, 5.41) is 54.2. The molecule has 9 heteroatoms. The van der Waals surface area contributed by atoms with Gasteiger partial charge in [-0.2, -0.15) is 0 Å². The molecule has 59 heavy (non-hydrogen) atoms. The summed E-state index contributed by atoms with van der Waals surface area (Å²) in [6.07, 6.45) is 44.4. The Morgan fingerprint density at radius 3 is 1.56 bits per heavy atom. The van der Waals surface area contributed by atoms with Crippen molar-refractivity contribution in [2.24, 2.45) is 0 Å². The molecule has 0 aromatic heterocycles. The number of nitrogens with one attached hydrogen (secondary N) is 1. The third-order valence-electron chi connectivity index (χ3n) is 11.4. The lowest BCUT2D eigenvalue weighted by Crippen LogP contribution is -2.60. The number of carbonyl (C=O) groups is 1. The minimum atomic E-state index is -1.57. The Balaban J connectivity index is 2.36. The van der Waals surface area contributed by atoms with Gasteiger partial charge in [-0.15, -0.1) is 0 Å². The van der Waals surface area contributed by atoms with Crippen LogP contribution in [-0.4, -0.2) is 87.5 Å². The van der Waals surface area contributed by atoms with Gasteiger partial charge in [-0.05, 0) is 64.2 Å². The molecule has 1 amide bonds. The third kappa shape index (κ3) is 30.8. The number of allylic oxidation sites excluding steroid dienone is 7. The molecular weight excluding hydrogens is 743 g/mol. The van der Waals surface area contributed by atoms with Gasteiger partial charge < -0.3 is 40.3 Å². The molecule has 1 heterocycles. The molecule has 0 bridgehead atoms. The highest BCUT2D eigenvalue weighted by molar-refractivity contribution is 5.76. The van der Waals surface area contributed by atoms with Crippen LogP contribution in [0.15, 0.2) is 48.6 Å². The Bertz CT molecular complexity index is 1060. The maximum absolute atomic E-state index is 13.0. The second kappa shape index (κ2) is 40.2. The number of carbonyl (C=O) groups excluding carboxylic acids is 1. The summed E-state index contributed by atoms with van der Waals surface area (Å²) in [6, 6.07) is -0.826. The largest absolute Gasteiger partial charge is 0.394 e. The summed E-state index contributed by atoms with van der Waals surface area (Å²) in [6.45, 7) is 3.73. The maximum Gasteiger partial charge on any atom is 0.220 e. The Hall–Kier alpha value is -1.85. The Morgan fingerprint density at radius 1 is 0.576 bits per heavy atom.